The minimum Gasteiger partial charge on any atom is -0.465 e. The van der Waals surface area contributed by atoms with Gasteiger partial charge in [-0.15, -0.1) is 0 Å². The van der Waals surface area contributed by atoms with Gasteiger partial charge in [-0.1, -0.05) is 0 Å². The van der Waals surface area contributed by atoms with Crippen molar-refractivity contribution < 1.29 is 14.3 Å². The summed E-state index contributed by atoms with van der Waals surface area (Å²) in [6.07, 6.45) is 2.39. The molecule has 0 spiro atoms. The van der Waals surface area contributed by atoms with Gasteiger partial charge in [0.1, 0.15) is 0 Å². The zero-order valence-electron chi connectivity index (χ0n) is 10.4. The average molecular weight is 250 g/mol. The fourth-order valence-corrected chi connectivity index (χ4v) is 1.98. The second kappa shape index (κ2) is 5.73. The highest BCUT2D eigenvalue weighted by Gasteiger charge is 2.16. The van der Waals surface area contributed by atoms with Gasteiger partial charge < -0.3 is 20.5 Å². The minimum atomic E-state index is -0.366. The Labute approximate surface area is 106 Å². The fraction of sp³-hybridized carbons (Fsp3) is 0.462. The zero-order chi connectivity index (χ0) is 13.0. The van der Waals surface area contributed by atoms with Crippen LogP contribution in [0.25, 0.3) is 0 Å². The largest absolute Gasteiger partial charge is 0.465 e. The lowest BCUT2D eigenvalue weighted by atomic mass is 10.1. The van der Waals surface area contributed by atoms with Crippen LogP contribution in [-0.2, 0) is 9.47 Å². The number of methoxy groups -OCH3 is 1. The van der Waals surface area contributed by atoms with E-state index in [9.17, 15) is 4.79 Å². The highest BCUT2D eigenvalue weighted by Crippen LogP contribution is 2.21. The molecule has 0 aromatic heterocycles. The number of nitrogens with one attached hydrogen (secondary N) is 1. The van der Waals surface area contributed by atoms with E-state index in [0.29, 0.717) is 17.8 Å². The van der Waals surface area contributed by atoms with E-state index in [1.165, 1.54) is 7.11 Å². The van der Waals surface area contributed by atoms with E-state index in [-0.39, 0.29) is 12.1 Å². The summed E-state index contributed by atoms with van der Waals surface area (Å²) in [4.78, 5) is 11.4. The maximum Gasteiger partial charge on any atom is 0.337 e. The molecule has 5 nitrogen and oxygen atoms in total. The third-order valence-corrected chi connectivity index (χ3v) is 3.02. The van der Waals surface area contributed by atoms with Crippen molar-refractivity contribution in [3.63, 3.8) is 0 Å². The van der Waals surface area contributed by atoms with E-state index in [0.717, 1.165) is 25.1 Å². The molecule has 3 N–H and O–H groups in total. The van der Waals surface area contributed by atoms with Gasteiger partial charge in [-0.3, -0.25) is 0 Å². The Balaban J connectivity index is 2.03. The number of carbonyl (C=O) groups is 1. The summed E-state index contributed by atoms with van der Waals surface area (Å²) < 4.78 is 10.2. The molecule has 1 aliphatic rings. The molecular weight excluding hydrogens is 232 g/mol. The van der Waals surface area contributed by atoms with E-state index in [1.54, 1.807) is 18.2 Å². The first-order valence-corrected chi connectivity index (χ1v) is 6.04. The monoisotopic (exact) mass is 250 g/mol. The normalized spacial score (nSPS) is 18.6. The van der Waals surface area contributed by atoms with Gasteiger partial charge in [-0.2, -0.15) is 0 Å². The fourth-order valence-electron chi connectivity index (χ4n) is 1.98. The van der Waals surface area contributed by atoms with Crippen LogP contribution in [0.3, 0.4) is 0 Å². The highest BCUT2D eigenvalue weighted by atomic mass is 16.5. The smallest absolute Gasteiger partial charge is 0.337 e. The predicted molar refractivity (Wildman–Crippen MR) is 69.7 cm³/mol. The third kappa shape index (κ3) is 2.92. The number of esters is 1. The standard InChI is InChI=1S/C13H18N2O3/c1-17-13(16)9-4-5-11(14)12(7-9)15-8-10-3-2-6-18-10/h4-5,7,10,15H,2-3,6,8,14H2,1H3/t10-/m1/s1. The number of rotatable bonds is 4. The number of hydrogen-bond acceptors (Lipinski definition) is 5. The molecule has 0 saturated carbocycles. The molecule has 1 fully saturated rings. The quantitative estimate of drug-likeness (QED) is 0.628. The van der Waals surface area contributed by atoms with Crippen LogP contribution in [0.15, 0.2) is 18.2 Å². The summed E-state index contributed by atoms with van der Waals surface area (Å²) in [6, 6.07) is 5.05. The SMILES string of the molecule is COC(=O)c1ccc(N)c(NC[C@H]2CCCO2)c1. The molecule has 0 aliphatic carbocycles. The van der Waals surface area contributed by atoms with Gasteiger partial charge in [0.05, 0.1) is 30.2 Å². The van der Waals surface area contributed by atoms with E-state index in [2.05, 4.69) is 10.1 Å². The molecule has 1 aromatic carbocycles. The first kappa shape index (κ1) is 12.7. The Kier molecular flexibility index (Phi) is 4.04. The molecule has 0 radical (unpaired) electrons. The van der Waals surface area contributed by atoms with Crippen LogP contribution in [-0.4, -0.2) is 32.3 Å². The molecule has 0 amide bonds. The molecule has 18 heavy (non-hydrogen) atoms. The summed E-state index contributed by atoms with van der Waals surface area (Å²) in [7, 11) is 1.36. The van der Waals surface area contributed by atoms with Crippen LogP contribution < -0.4 is 11.1 Å². The Morgan fingerprint density at radius 3 is 3.11 bits per heavy atom. The predicted octanol–water partition coefficient (Wildman–Crippen LogP) is 1.65. The number of ether oxygens (including phenoxy) is 2. The molecule has 1 heterocycles. The van der Waals surface area contributed by atoms with Crippen LogP contribution in [0.5, 0.6) is 0 Å². The second-order valence-corrected chi connectivity index (χ2v) is 4.31. The first-order chi connectivity index (χ1) is 8.70. The van der Waals surface area contributed by atoms with E-state index >= 15 is 0 Å². The molecule has 0 unspecified atom stereocenters. The van der Waals surface area contributed by atoms with Crippen LogP contribution in [0.2, 0.25) is 0 Å². The van der Waals surface area contributed by atoms with Crippen molar-refractivity contribution in [1.29, 1.82) is 0 Å². The molecular formula is C13H18N2O3. The number of nitrogens with two attached hydrogens (primary N) is 1. The Morgan fingerprint density at radius 1 is 1.61 bits per heavy atom. The lowest BCUT2D eigenvalue weighted by Crippen LogP contribution is -2.19. The molecule has 98 valence electrons. The number of anilines is 2. The van der Waals surface area contributed by atoms with E-state index in [1.807, 2.05) is 0 Å². The molecule has 1 saturated heterocycles. The zero-order valence-corrected chi connectivity index (χ0v) is 10.4. The van der Waals surface area contributed by atoms with Crippen molar-refractivity contribution in [2.45, 2.75) is 18.9 Å². The molecule has 2 rings (SSSR count). The third-order valence-electron chi connectivity index (χ3n) is 3.02. The van der Waals surface area contributed by atoms with Crippen molar-refractivity contribution in [3.05, 3.63) is 23.8 Å². The first-order valence-electron chi connectivity index (χ1n) is 6.04. The molecule has 1 aromatic rings. The van der Waals surface area contributed by atoms with Gasteiger partial charge >= 0.3 is 5.97 Å². The lowest BCUT2D eigenvalue weighted by molar-refractivity contribution is 0.0601. The average Bonchev–Trinajstić information content (AvgIpc) is 2.90. The van der Waals surface area contributed by atoms with Crippen LogP contribution in [0.1, 0.15) is 23.2 Å². The Hall–Kier alpha value is -1.75. The summed E-state index contributed by atoms with van der Waals surface area (Å²) >= 11 is 0. The van der Waals surface area contributed by atoms with Gasteiger partial charge in [-0.05, 0) is 31.0 Å². The minimum absolute atomic E-state index is 0.228. The van der Waals surface area contributed by atoms with Crippen molar-refractivity contribution in [1.82, 2.24) is 0 Å². The highest BCUT2D eigenvalue weighted by molar-refractivity contribution is 5.91. The molecule has 5 heteroatoms. The van der Waals surface area contributed by atoms with Crippen molar-refractivity contribution >= 4 is 17.3 Å². The Bertz CT molecular complexity index is 428. The van der Waals surface area contributed by atoms with Crippen LogP contribution >= 0.6 is 0 Å². The number of nitrogen functional groups attached to an aromatic ring is 1. The maximum atomic E-state index is 11.4. The molecule has 0 bridgehead atoms. The van der Waals surface area contributed by atoms with E-state index in [4.69, 9.17) is 10.5 Å². The second-order valence-electron chi connectivity index (χ2n) is 4.31. The van der Waals surface area contributed by atoms with Gasteiger partial charge in [0.15, 0.2) is 0 Å². The summed E-state index contributed by atoms with van der Waals surface area (Å²) in [6.45, 7) is 1.53. The maximum absolute atomic E-state index is 11.4. The summed E-state index contributed by atoms with van der Waals surface area (Å²) in [5, 5.41) is 3.22. The van der Waals surface area contributed by atoms with Crippen molar-refractivity contribution in [3.8, 4) is 0 Å². The summed E-state index contributed by atoms with van der Waals surface area (Å²) in [5.41, 5.74) is 7.70. The van der Waals surface area contributed by atoms with E-state index < -0.39 is 0 Å². The van der Waals surface area contributed by atoms with Crippen molar-refractivity contribution in [2.24, 2.45) is 0 Å². The number of carbonyl (C=O) groups excluding carboxylic acids is 1. The molecule has 1 aliphatic heterocycles. The van der Waals surface area contributed by atoms with Gasteiger partial charge in [0.2, 0.25) is 0 Å². The van der Waals surface area contributed by atoms with Crippen LogP contribution in [0, 0.1) is 0 Å². The number of benzene rings is 1. The molecule has 1 atom stereocenters. The van der Waals surface area contributed by atoms with Gasteiger partial charge in [0.25, 0.3) is 0 Å². The number of hydrogen-bond donors (Lipinski definition) is 2. The van der Waals surface area contributed by atoms with Crippen molar-refractivity contribution in [2.75, 3.05) is 31.3 Å². The van der Waals surface area contributed by atoms with Gasteiger partial charge in [0, 0.05) is 13.2 Å². The van der Waals surface area contributed by atoms with Crippen LogP contribution in [0.4, 0.5) is 11.4 Å². The summed E-state index contributed by atoms with van der Waals surface area (Å²) in [5.74, 6) is -0.366. The topological polar surface area (TPSA) is 73.6 Å². The lowest BCUT2D eigenvalue weighted by Gasteiger charge is -2.14. The Morgan fingerprint density at radius 2 is 2.44 bits per heavy atom. The van der Waals surface area contributed by atoms with Gasteiger partial charge in [-0.25, -0.2) is 4.79 Å².